The quantitative estimate of drug-likeness (QED) is 0.941. The van der Waals surface area contributed by atoms with Crippen molar-refractivity contribution in [1.29, 1.82) is 0 Å². The standard InChI is InChI=1S/C14H15F2N3O2/c1-14(15,16)12-17-18-13(21-12)19-6-9-4-2-3-5-11(9)10(7-19)8-20/h2-5,10,20H,6-8H2,1H3. The molecule has 1 atom stereocenters. The minimum absolute atomic E-state index is 0.0293. The van der Waals surface area contributed by atoms with Gasteiger partial charge in [0.15, 0.2) is 0 Å². The summed E-state index contributed by atoms with van der Waals surface area (Å²) in [5.41, 5.74) is 2.09. The molecule has 1 unspecified atom stereocenters. The summed E-state index contributed by atoms with van der Waals surface area (Å²) in [4.78, 5) is 1.71. The van der Waals surface area contributed by atoms with Gasteiger partial charge in [-0.3, -0.25) is 0 Å². The molecule has 0 saturated heterocycles. The van der Waals surface area contributed by atoms with Crippen molar-refractivity contribution in [3.63, 3.8) is 0 Å². The molecule has 0 aliphatic carbocycles. The number of anilines is 1. The molecule has 1 aromatic heterocycles. The van der Waals surface area contributed by atoms with Crippen molar-refractivity contribution < 1.29 is 18.3 Å². The van der Waals surface area contributed by atoms with Crippen molar-refractivity contribution in [2.75, 3.05) is 18.1 Å². The van der Waals surface area contributed by atoms with E-state index in [9.17, 15) is 13.9 Å². The molecule has 3 rings (SSSR count). The maximum absolute atomic E-state index is 13.2. The van der Waals surface area contributed by atoms with Crippen LogP contribution >= 0.6 is 0 Å². The Morgan fingerprint density at radius 2 is 2.14 bits per heavy atom. The normalized spacial score (nSPS) is 18.7. The van der Waals surface area contributed by atoms with Crippen molar-refractivity contribution >= 4 is 6.01 Å². The number of aliphatic hydroxyl groups excluding tert-OH is 1. The van der Waals surface area contributed by atoms with E-state index >= 15 is 0 Å². The van der Waals surface area contributed by atoms with Gasteiger partial charge in [-0.05, 0) is 11.1 Å². The molecule has 1 aliphatic heterocycles. The van der Waals surface area contributed by atoms with E-state index in [1.165, 1.54) is 0 Å². The van der Waals surface area contributed by atoms with E-state index in [-0.39, 0.29) is 18.5 Å². The van der Waals surface area contributed by atoms with Crippen molar-refractivity contribution in [1.82, 2.24) is 10.2 Å². The lowest BCUT2D eigenvalue weighted by atomic mass is 9.90. The molecule has 0 spiro atoms. The zero-order valence-corrected chi connectivity index (χ0v) is 11.5. The van der Waals surface area contributed by atoms with E-state index in [1.54, 1.807) is 4.90 Å². The highest BCUT2D eigenvalue weighted by molar-refractivity contribution is 5.41. The minimum atomic E-state index is -3.16. The average Bonchev–Trinajstić information content (AvgIpc) is 2.96. The SMILES string of the molecule is CC(F)(F)c1nnc(N2Cc3ccccc3C(CO)C2)o1. The van der Waals surface area contributed by atoms with Crippen LogP contribution in [0.4, 0.5) is 14.8 Å². The first kappa shape index (κ1) is 13.9. The largest absolute Gasteiger partial charge is 0.401 e. The monoisotopic (exact) mass is 295 g/mol. The zero-order valence-electron chi connectivity index (χ0n) is 11.5. The van der Waals surface area contributed by atoms with Gasteiger partial charge in [-0.25, -0.2) is 0 Å². The number of aliphatic hydroxyl groups is 1. The molecule has 1 N–H and O–H groups in total. The predicted molar refractivity (Wildman–Crippen MR) is 71.2 cm³/mol. The molecular formula is C14H15F2N3O2. The molecule has 0 saturated carbocycles. The second-order valence-electron chi connectivity index (χ2n) is 5.24. The van der Waals surface area contributed by atoms with Gasteiger partial charge < -0.3 is 14.4 Å². The number of fused-ring (bicyclic) bond motifs is 1. The van der Waals surface area contributed by atoms with Crippen molar-refractivity contribution in [3.05, 3.63) is 41.3 Å². The Kier molecular flexibility index (Phi) is 3.36. The van der Waals surface area contributed by atoms with Crippen LogP contribution in [0, 0.1) is 0 Å². The number of alkyl halides is 2. The highest BCUT2D eigenvalue weighted by Gasteiger charge is 2.34. The van der Waals surface area contributed by atoms with Gasteiger partial charge in [0, 0.05) is 25.9 Å². The topological polar surface area (TPSA) is 62.4 Å². The summed E-state index contributed by atoms with van der Waals surface area (Å²) in [5.74, 6) is -3.96. The van der Waals surface area contributed by atoms with Crippen molar-refractivity contribution in [3.8, 4) is 0 Å². The van der Waals surface area contributed by atoms with Crippen LogP contribution in [0.5, 0.6) is 0 Å². The van der Waals surface area contributed by atoms with E-state index < -0.39 is 11.8 Å². The number of nitrogens with zero attached hydrogens (tertiary/aromatic N) is 3. The molecule has 0 bridgehead atoms. The Morgan fingerprint density at radius 1 is 1.38 bits per heavy atom. The molecule has 0 amide bonds. The Morgan fingerprint density at radius 3 is 2.81 bits per heavy atom. The summed E-state index contributed by atoms with van der Waals surface area (Å²) in [5, 5.41) is 16.6. The third kappa shape index (κ3) is 2.61. The first-order valence-electron chi connectivity index (χ1n) is 6.64. The lowest BCUT2D eigenvalue weighted by Gasteiger charge is -2.32. The third-order valence-corrected chi connectivity index (χ3v) is 3.58. The Hall–Kier alpha value is -2.02. The zero-order chi connectivity index (χ0) is 15.0. The molecule has 21 heavy (non-hydrogen) atoms. The molecule has 0 fully saturated rings. The number of benzene rings is 1. The second-order valence-corrected chi connectivity index (χ2v) is 5.24. The fourth-order valence-electron chi connectivity index (χ4n) is 2.53. The van der Waals surface area contributed by atoms with E-state index in [4.69, 9.17) is 4.42 Å². The van der Waals surface area contributed by atoms with Crippen LogP contribution in [-0.2, 0) is 12.5 Å². The molecule has 2 heterocycles. The highest BCUT2D eigenvalue weighted by atomic mass is 19.3. The highest BCUT2D eigenvalue weighted by Crippen LogP contribution is 2.33. The van der Waals surface area contributed by atoms with Crippen LogP contribution in [0.3, 0.4) is 0 Å². The van der Waals surface area contributed by atoms with Gasteiger partial charge in [-0.15, -0.1) is 5.10 Å². The van der Waals surface area contributed by atoms with Crippen molar-refractivity contribution in [2.45, 2.75) is 25.3 Å². The smallest absolute Gasteiger partial charge is 0.321 e. The summed E-state index contributed by atoms with van der Waals surface area (Å²) in [7, 11) is 0. The summed E-state index contributed by atoms with van der Waals surface area (Å²) in [6.07, 6.45) is 0. The minimum Gasteiger partial charge on any atom is -0.401 e. The van der Waals surface area contributed by atoms with Crippen molar-refractivity contribution in [2.24, 2.45) is 0 Å². The van der Waals surface area contributed by atoms with Gasteiger partial charge in [0.2, 0.25) is 0 Å². The van der Waals surface area contributed by atoms with E-state index in [0.29, 0.717) is 20.0 Å². The van der Waals surface area contributed by atoms with Crippen LogP contribution in [0.25, 0.3) is 0 Å². The van der Waals surface area contributed by atoms with E-state index in [0.717, 1.165) is 11.1 Å². The molecule has 2 aromatic rings. The number of halogens is 2. The Bertz CT molecular complexity index is 639. The molecule has 112 valence electrons. The van der Waals surface area contributed by atoms with E-state index in [2.05, 4.69) is 10.2 Å². The molecular weight excluding hydrogens is 280 g/mol. The fourth-order valence-corrected chi connectivity index (χ4v) is 2.53. The van der Waals surface area contributed by atoms with Gasteiger partial charge in [-0.1, -0.05) is 29.4 Å². The number of hydrogen-bond acceptors (Lipinski definition) is 5. The number of rotatable bonds is 3. The van der Waals surface area contributed by atoms with Crippen LogP contribution in [-0.4, -0.2) is 28.5 Å². The van der Waals surface area contributed by atoms with Crippen LogP contribution < -0.4 is 4.90 Å². The maximum Gasteiger partial charge on any atom is 0.321 e. The van der Waals surface area contributed by atoms with Crippen LogP contribution in [0.15, 0.2) is 28.7 Å². The average molecular weight is 295 g/mol. The first-order chi connectivity index (χ1) is 9.99. The lowest BCUT2D eigenvalue weighted by molar-refractivity contribution is -0.0107. The number of hydrogen-bond donors (Lipinski definition) is 1. The third-order valence-electron chi connectivity index (χ3n) is 3.58. The lowest BCUT2D eigenvalue weighted by Crippen LogP contribution is -2.35. The summed E-state index contributed by atoms with van der Waals surface area (Å²) >= 11 is 0. The second kappa shape index (κ2) is 5.07. The maximum atomic E-state index is 13.2. The summed E-state index contributed by atoms with van der Waals surface area (Å²) in [6, 6.07) is 7.78. The van der Waals surface area contributed by atoms with Gasteiger partial charge in [-0.2, -0.15) is 8.78 Å². The first-order valence-corrected chi connectivity index (χ1v) is 6.64. The van der Waals surface area contributed by atoms with E-state index in [1.807, 2.05) is 24.3 Å². The Labute approximate surface area is 120 Å². The van der Waals surface area contributed by atoms with Crippen LogP contribution in [0.2, 0.25) is 0 Å². The fraction of sp³-hybridized carbons (Fsp3) is 0.429. The molecule has 1 aliphatic rings. The summed E-state index contributed by atoms with van der Waals surface area (Å²) in [6.45, 7) is 1.62. The molecule has 1 aromatic carbocycles. The van der Waals surface area contributed by atoms with Gasteiger partial charge in [0.25, 0.3) is 5.89 Å². The number of aromatic nitrogens is 2. The van der Waals surface area contributed by atoms with Gasteiger partial charge in [0.05, 0.1) is 6.61 Å². The van der Waals surface area contributed by atoms with Crippen LogP contribution in [0.1, 0.15) is 29.9 Å². The summed E-state index contributed by atoms with van der Waals surface area (Å²) < 4.78 is 31.4. The molecule has 5 nitrogen and oxygen atoms in total. The van der Waals surface area contributed by atoms with Gasteiger partial charge in [0.1, 0.15) is 0 Å². The Balaban J connectivity index is 1.90. The molecule has 0 radical (unpaired) electrons. The predicted octanol–water partition coefficient (Wildman–Crippen LogP) is 2.28. The molecule has 7 heteroatoms. The van der Waals surface area contributed by atoms with Gasteiger partial charge >= 0.3 is 11.9 Å².